The summed E-state index contributed by atoms with van der Waals surface area (Å²) in [5, 5.41) is 11.0. The molecule has 0 bridgehead atoms. The van der Waals surface area contributed by atoms with Crippen LogP contribution < -0.4 is 5.73 Å². The number of benzene rings is 1. The number of nitro groups is 1. The summed E-state index contributed by atoms with van der Waals surface area (Å²) in [4.78, 5) is 16.1. The fraction of sp³-hybridized carbons (Fsp3) is 0.100. The molecular formula is C10H9N3O2S2. The number of nitrogen functional groups attached to an aromatic ring is 1. The van der Waals surface area contributed by atoms with Gasteiger partial charge in [-0.3, -0.25) is 10.1 Å². The predicted octanol–water partition coefficient (Wildman–Crippen LogP) is 2.93. The Balaban J connectivity index is 1.97. The molecule has 1 aromatic carbocycles. The smallest absolute Gasteiger partial charge is 0.269 e. The zero-order chi connectivity index (χ0) is 12.3. The third-order valence-electron chi connectivity index (χ3n) is 2.00. The maximum atomic E-state index is 10.5. The molecule has 88 valence electrons. The number of hydrogen-bond acceptors (Lipinski definition) is 6. The Morgan fingerprint density at radius 1 is 1.41 bits per heavy atom. The zero-order valence-corrected chi connectivity index (χ0v) is 10.3. The van der Waals surface area contributed by atoms with Gasteiger partial charge in [-0.05, 0) is 12.1 Å². The number of aromatic nitrogens is 1. The summed E-state index contributed by atoms with van der Waals surface area (Å²) in [5.41, 5.74) is 5.63. The second kappa shape index (κ2) is 5.15. The van der Waals surface area contributed by atoms with Crippen molar-refractivity contribution in [2.24, 2.45) is 0 Å². The molecule has 2 N–H and O–H groups in total. The molecule has 0 saturated heterocycles. The minimum absolute atomic E-state index is 0.108. The van der Waals surface area contributed by atoms with Crippen LogP contribution in [0.2, 0.25) is 0 Å². The molecule has 5 nitrogen and oxygen atoms in total. The van der Waals surface area contributed by atoms with E-state index in [0.29, 0.717) is 5.13 Å². The van der Waals surface area contributed by atoms with Crippen molar-refractivity contribution < 1.29 is 4.92 Å². The first-order valence-electron chi connectivity index (χ1n) is 4.72. The number of thiazole rings is 1. The van der Waals surface area contributed by atoms with E-state index < -0.39 is 4.92 Å². The van der Waals surface area contributed by atoms with Gasteiger partial charge in [-0.2, -0.15) is 0 Å². The molecule has 1 heterocycles. The largest absolute Gasteiger partial charge is 0.375 e. The van der Waals surface area contributed by atoms with E-state index >= 15 is 0 Å². The highest BCUT2D eigenvalue weighted by Crippen LogP contribution is 2.27. The first-order valence-corrected chi connectivity index (χ1v) is 6.53. The number of non-ortho nitro benzene ring substituents is 1. The molecule has 0 spiro atoms. The van der Waals surface area contributed by atoms with Crippen LogP contribution in [-0.4, -0.2) is 9.91 Å². The number of nitrogens with two attached hydrogens (primary N) is 1. The van der Waals surface area contributed by atoms with Crippen LogP contribution in [0.5, 0.6) is 0 Å². The SMILES string of the molecule is Nc1ncc(CSc2ccc([N+](=O)[O-])cc2)s1. The highest BCUT2D eigenvalue weighted by atomic mass is 32.2. The van der Waals surface area contributed by atoms with Crippen LogP contribution in [0.25, 0.3) is 0 Å². The normalized spacial score (nSPS) is 10.4. The van der Waals surface area contributed by atoms with Crippen molar-refractivity contribution in [2.75, 3.05) is 5.73 Å². The van der Waals surface area contributed by atoms with Crippen LogP contribution in [0.1, 0.15) is 4.88 Å². The van der Waals surface area contributed by atoms with Crippen LogP contribution >= 0.6 is 23.1 Å². The molecule has 17 heavy (non-hydrogen) atoms. The maximum absolute atomic E-state index is 10.5. The van der Waals surface area contributed by atoms with E-state index in [1.54, 1.807) is 30.1 Å². The van der Waals surface area contributed by atoms with Crippen molar-refractivity contribution >= 4 is 33.9 Å². The standard InChI is InChI=1S/C10H9N3O2S2/c11-10-12-5-9(17-10)6-16-8-3-1-7(2-4-8)13(14)15/h1-5H,6H2,(H2,11,12). The van der Waals surface area contributed by atoms with E-state index in [4.69, 9.17) is 5.73 Å². The number of rotatable bonds is 4. The highest BCUT2D eigenvalue weighted by molar-refractivity contribution is 7.98. The first kappa shape index (κ1) is 11.9. The van der Waals surface area contributed by atoms with Crippen molar-refractivity contribution in [1.82, 2.24) is 4.98 Å². The van der Waals surface area contributed by atoms with E-state index in [9.17, 15) is 10.1 Å². The van der Waals surface area contributed by atoms with Gasteiger partial charge < -0.3 is 5.73 Å². The van der Waals surface area contributed by atoms with Crippen molar-refractivity contribution in [3.8, 4) is 0 Å². The summed E-state index contributed by atoms with van der Waals surface area (Å²) in [6.07, 6.45) is 1.75. The average Bonchev–Trinajstić information content (AvgIpc) is 2.73. The topological polar surface area (TPSA) is 82.0 Å². The number of thioether (sulfide) groups is 1. The Morgan fingerprint density at radius 3 is 2.65 bits per heavy atom. The number of nitrogens with zero attached hydrogens (tertiary/aromatic N) is 2. The van der Waals surface area contributed by atoms with Crippen molar-refractivity contribution in [3.05, 3.63) is 45.5 Å². The van der Waals surface area contributed by atoms with E-state index in [2.05, 4.69) is 4.98 Å². The molecule has 7 heteroatoms. The van der Waals surface area contributed by atoms with Gasteiger partial charge in [0.25, 0.3) is 5.69 Å². The zero-order valence-electron chi connectivity index (χ0n) is 8.70. The van der Waals surface area contributed by atoms with Gasteiger partial charge in [0.1, 0.15) is 0 Å². The third kappa shape index (κ3) is 3.18. The lowest BCUT2D eigenvalue weighted by Crippen LogP contribution is -1.86. The number of nitro benzene ring substituents is 1. The Labute approximate surface area is 106 Å². The molecule has 0 unspecified atom stereocenters. The minimum Gasteiger partial charge on any atom is -0.375 e. The van der Waals surface area contributed by atoms with Crippen molar-refractivity contribution in [1.29, 1.82) is 0 Å². The van der Waals surface area contributed by atoms with Crippen molar-refractivity contribution in [3.63, 3.8) is 0 Å². The lowest BCUT2D eigenvalue weighted by Gasteiger charge is -1.98. The van der Waals surface area contributed by atoms with Gasteiger partial charge in [-0.1, -0.05) is 0 Å². The molecule has 0 fully saturated rings. The van der Waals surface area contributed by atoms with Gasteiger partial charge >= 0.3 is 0 Å². The van der Waals surface area contributed by atoms with Crippen LogP contribution in [0.3, 0.4) is 0 Å². The van der Waals surface area contributed by atoms with Crippen LogP contribution in [0.4, 0.5) is 10.8 Å². The average molecular weight is 267 g/mol. The van der Waals surface area contributed by atoms with Gasteiger partial charge in [0.2, 0.25) is 0 Å². The fourth-order valence-corrected chi connectivity index (χ4v) is 2.81. The number of hydrogen-bond donors (Lipinski definition) is 1. The Kier molecular flexibility index (Phi) is 3.60. The van der Waals surface area contributed by atoms with E-state index in [0.717, 1.165) is 15.5 Å². The van der Waals surface area contributed by atoms with E-state index in [-0.39, 0.29) is 5.69 Å². The lowest BCUT2D eigenvalue weighted by molar-refractivity contribution is -0.384. The van der Waals surface area contributed by atoms with E-state index in [1.165, 1.54) is 23.5 Å². The molecule has 0 amide bonds. The Morgan fingerprint density at radius 2 is 2.12 bits per heavy atom. The van der Waals surface area contributed by atoms with Gasteiger partial charge in [0.05, 0.1) is 4.92 Å². The second-order valence-electron chi connectivity index (χ2n) is 3.20. The predicted molar refractivity (Wildman–Crippen MR) is 69.2 cm³/mol. The van der Waals surface area contributed by atoms with Gasteiger partial charge in [0.15, 0.2) is 5.13 Å². The quantitative estimate of drug-likeness (QED) is 0.523. The summed E-state index contributed by atoms with van der Waals surface area (Å²) in [6.45, 7) is 0. The Hall–Kier alpha value is -1.60. The summed E-state index contributed by atoms with van der Waals surface area (Å²) < 4.78 is 0. The summed E-state index contributed by atoms with van der Waals surface area (Å²) in [7, 11) is 0. The fourth-order valence-electron chi connectivity index (χ4n) is 1.21. The van der Waals surface area contributed by atoms with Crippen LogP contribution in [-0.2, 0) is 5.75 Å². The molecule has 2 aromatic rings. The summed E-state index contributed by atoms with van der Waals surface area (Å²) in [6, 6.07) is 6.49. The third-order valence-corrected chi connectivity index (χ3v) is 4.07. The molecule has 1 aromatic heterocycles. The summed E-state index contributed by atoms with van der Waals surface area (Å²) in [5.74, 6) is 0.771. The molecule has 0 radical (unpaired) electrons. The number of anilines is 1. The molecular weight excluding hydrogens is 258 g/mol. The van der Waals surface area contributed by atoms with E-state index in [1.807, 2.05) is 0 Å². The summed E-state index contributed by atoms with van der Waals surface area (Å²) >= 11 is 3.05. The minimum atomic E-state index is -0.404. The second-order valence-corrected chi connectivity index (χ2v) is 5.40. The van der Waals surface area contributed by atoms with Crippen LogP contribution in [0, 0.1) is 10.1 Å². The van der Waals surface area contributed by atoms with Crippen LogP contribution in [0.15, 0.2) is 35.4 Å². The van der Waals surface area contributed by atoms with Gasteiger partial charge in [-0.15, -0.1) is 23.1 Å². The molecule has 0 aliphatic rings. The van der Waals surface area contributed by atoms with Gasteiger partial charge in [-0.25, -0.2) is 4.98 Å². The highest BCUT2D eigenvalue weighted by Gasteiger charge is 2.05. The molecule has 2 rings (SSSR count). The molecule has 0 aliphatic heterocycles. The molecule has 0 saturated carbocycles. The van der Waals surface area contributed by atoms with Gasteiger partial charge in [0, 0.05) is 33.9 Å². The molecule has 0 atom stereocenters. The lowest BCUT2D eigenvalue weighted by atomic mass is 10.3. The first-order chi connectivity index (χ1) is 8.15. The van der Waals surface area contributed by atoms with Crippen molar-refractivity contribution in [2.45, 2.75) is 10.6 Å². The monoisotopic (exact) mass is 267 g/mol. The Bertz CT molecular complexity index is 525. The molecule has 0 aliphatic carbocycles. The maximum Gasteiger partial charge on any atom is 0.269 e.